The number of ketones is 2. The highest BCUT2D eigenvalue weighted by Crippen LogP contribution is 2.50. The number of hydrogen-bond donors (Lipinski definition) is 4. The first kappa shape index (κ1) is 26.4. The molecule has 2 aromatic carbocycles. The van der Waals surface area contributed by atoms with Crippen LogP contribution in [-0.4, -0.2) is 56.5 Å². The second-order valence-electron chi connectivity index (χ2n) is 11.2. The van der Waals surface area contributed by atoms with Crippen molar-refractivity contribution in [3.63, 3.8) is 0 Å². The lowest BCUT2D eigenvalue weighted by molar-refractivity contribution is -0.177. The van der Waals surface area contributed by atoms with E-state index in [4.69, 9.17) is 5.73 Å². The Morgan fingerprint density at radius 3 is 2.55 bits per heavy atom. The van der Waals surface area contributed by atoms with Crippen LogP contribution in [0, 0.1) is 17.8 Å². The highest BCUT2D eigenvalue weighted by atomic mass is 19.4. The molecule has 4 atom stereocenters. The molecule has 1 aliphatic heterocycles. The molecule has 4 aliphatic rings. The normalized spacial score (nSPS) is 27.2. The summed E-state index contributed by atoms with van der Waals surface area (Å²) in [7, 11) is 0. The Balaban J connectivity index is 1.38. The number of halogens is 3. The third-order valence-corrected chi connectivity index (χ3v) is 8.88. The van der Waals surface area contributed by atoms with Crippen LogP contribution in [0.25, 0.3) is 10.8 Å². The van der Waals surface area contributed by atoms with Crippen LogP contribution >= 0.6 is 0 Å². The molecule has 6 rings (SSSR count). The van der Waals surface area contributed by atoms with E-state index in [0.29, 0.717) is 41.3 Å². The van der Waals surface area contributed by atoms with Crippen molar-refractivity contribution in [3.05, 3.63) is 63.6 Å². The fraction of sp³-hybridized carbons (Fsp3) is 0.414. The zero-order valence-electron chi connectivity index (χ0n) is 21.3. The molecular weight excluding hydrogens is 529 g/mol. The number of amides is 1. The molecule has 40 heavy (non-hydrogen) atoms. The monoisotopic (exact) mass is 556 g/mol. The number of likely N-dealkylation sites (tertiary alicyclic amines) is 1. The Morgan fingerprint density at radius 2 is 1.85 bits per heavy atom. The number of phenols is 1. The molecule has 1 saturated heterocycles. The number of primary amides is 1. The van der Waals surface area contributed by atoms with E-state index in [-0.39, 0.29) is 42.7 Å². The summed E-state index contributed by atoms with van der Waals surface area (Å²) in [5, 5.41) is 33.6. The van der Waals surface area contributed by atoms with Gasteiger partial charge in [-0.1, -0.05) is 18.2 Å². The van der Waals surface area contributed by atoms with Gasteiger partial charge in [0.1, 0.15) is 28.9 Å². The van der Waals surface area contributed by atoms with Crippen molar-refractivity contribution >= 4 is 28.2 Å². The Bertz CT molecular complexity index is 1560. The lowest BCUT2D eigenvalue weighted by atomic mass is 9.62. The fourth-order valence-electron chi connectivity index (χ4n) is 7.17. The van der Waals surface area contributed by atoms with Crippen LogP contribution in [-0.2, 0) is 22.6 Å². The maximum absolute atomic E-state index is 13.7. The van der Waals surface area contributed by atoms with Gasteiger partial charge in [-0.25, -0.2) is 0 Å². The number of carbonyl (C=O) groups is 3. The zero-order valence-corrected chi connectivity index (χ0v) is 21.3. The molecular formula is C29H27F3N2O6. The number of aliphatic hydroxyl groups is 2. The number of aromatic hydroxyl groups is 1. The predicted molar refractivity (Wildman–Crippen MR) is 136 cm³/mol. The summed E-state index contributed by atoms with van der Waals surface area (Å²) in [5.74, 6) is -6.03. The molecule has 0 spiro atoms. The number of aliphatic hydroxyl groups excluding tert-OH is 2. The number of carbonyl (C=O) groups excluding carboxylic acids is 3. The van der Waals surface area contributed by atoms with E-state index < -0.39 is 64.5 Å². The van der Waals surface area contributed by atoms with E-state index in [9.17, 15) is 42.9 Å². The van der Waals surface area contributed by atoms with Gasteiger partial charge in [0, 0.05) is 23.9 Å². The van der Waals surface area contributed by atoms with Crippen molar-refractivity contribution < 1.29 is 42.9 Å². The SMILES string of the molecule is NC(=O)C1=C(O)C[C@@H]2C[C@@H]3Cc4cc5ccc(CN6CCC[C@@H]6C(F)(F)F)cc5c(O)c4C(=O)C3=C(O)C2C1=O. The van der Waals surface area contributed by atoms with Gasteiger partial charge in [-0.05, 0) is 66.6 Å². The number of benzene rings is 2. The highest BCUT2D eigenvalue weighted by molar-refractivity contribution is 6.22. The lowest BCUT2D eigenvalue weighted by Gasteiger charge is -2.40. The summed E-state index contributed by atoms with van der Waals surface area (Å²) in [4.78, 5) is 39.9. The average molecular weight is 557 g/mol. The number of nitrogens with two attached hydrogens (primary N) is 1. The molecule has 8 nitrogen and oxygen atoms in total. The molecule has 3 aliphatic carbocycles. The van der Waals surface area contributed by atoms with E-state index in [1.807, 2.05) is 0 Å². The molecule has 5 N–H and O–H groups in total. The van der Waals surface area contributed by atoms with Gasteiger partial charge in [-0.15, -0.1) is 0 Å². The molecule has 1 fully saturated rings. The minimum absolute atomic E-state index is 0.0109. The van der Waals surface area contributed by atoms with Gasteiger partial charge < -0.3 is 21.1 Å². The first-order valence-electron chi connectivity index (χ1n) is 13.2. The number of phenolic OH excluding ortho intramolecular Hbond substituents is 1. The third-order valence-electron chi connectivity index (χ3n) is 8.88. The van der Waals surface area contributed by atoms with Crippen LogP contribution in [0.1, 0.15) is 47.2 Å². The van der Waals surface area contributed by atoms with E-state index in [1.54, 1.807) is 24.3 Å². The van der Waals surface area contributed by atoms with Gasteiger partial charge in [0.05, 0.1) is 11.5 Å². The highest BCUT2D eigenvalue weighted by Gasteiger charge is 2.50. The molecule has 2 aromatic rings. The topological polar surface area (TPSA) is 141 Å². The van der Waals surface area contributed by atoms with Crippen LogP contribution in [0.4, 0.5) is 13.2 Å². The van der Waals surface area contributed by atoms with Crippen molar-refractivity contribution in [1.29, 1.82) is 0 Å². The van der Waals surface area contributed by atoms with E-state index >= 15 is 0 Å². The largest absolute Gasteiger partial charge is 0.511 e. The minimum atomic E-state index is -4.33. The van der Waals surface area contributed by atoms with Gasteiger partial charge in [0.25, 0.3) is 5.91 Å². The summed E-state index contributed by atoms with van der Waals surface area (Å²) in [6.45, 7) is 0.337. The first-order chi connectivity index (χ1) is 18.9. The second-order valence-corrected chi connectivity index (χ2v) is 11.2. The minimum Gasteiger partial charge on any atom is -0.511 e. The van der Waals surface area contributed by atoms with Gasteiger partial charge in [0.15, 0.2) is 11.6 Å². The number of hydrogen-bond acceptors (Lipinski definition) is 7. The number of allylic oxidation sites excluding steroid dienone is 3. The number of nitrogens with zero attached hydrogens (tertiary/aromatic N) is 1. The first-order valence-corrected chi connectivity index (χ1v) is 13.2. The van der Waals surface area contributed by atoms with Crippen LogP contribution in [0.2, 0.25) is 0 Å². The van der Waals surface area contributed by atoms with E-state index in [1.165, 1.54) is 4.90 Å². The summed E-state index contributed by atoms with van der Waals surface area (Å²) in [6.07, 6.45) is -3.32. The van der Waals surface area contributed by atoms with Crippen molar-refractivity contribution in [1.82, 2.24) is 4.90 Å². The van der Waals surface area contributed by atoms with Crippen LogP contribution in [0.15, 0.2) is 46.9 Å². The quantitative estimate of drug-likeness (QED) is 0.417. The standard InChI is InChI=1S/C29H27F3N2O6/c30-29(31,32)19-2-1-5-34(19)11-12-3-4-13-7-14-8-15-9-16-10-18(35)23(28(33)40)27(39)22(16)26(38)21(15)25(37)20(14)24(36)17(13)6-12/h3-4,6-7,15-16,19,22,35-36,38H,1-2,5,8-11H2,(H2,33,40)/t15-,16-,19+,22?/m0/s1. The predicted octanol–water partition coefficient (Wildman–Crippen LogP) is 4.15. The van der Waals surface area contributed by atoms with Crippen molar-refractivity contribution in [3.8, 4) is 5.75 Å². The fourth-order valence-corrected chi connectivity index (χ4v) is 7.17. The van der Waals surface area contributed by atoms with Gasteiger partial charge >= 0.3 is 6.18 Å². The average Bonchev–Trinajstić information content (AvgIpc) is 3.32. The van der Waals surface area contributed by atoms with Crippen molar-refractivity contribution in [2.45, 2.75) is 50.9 Å². The van der Waals surface area contributed by atoms with Crippen LogP contribution in [0.5, 0.6) is 5.75 Å². The molecule has 0 aromatic heterocycles. The van der Waals surface area contributed by atoms with Crippen molar-refractivity contribution in [2.75, 3.05) is 6.54 Å². The molecule has 0 bridgehead atoms. The molecule has 0 radical (unpaired) electrons. The summed E-state index contributed by atoms with van der Waals surface area (Å²) >= 11 is 0. The lowest BCUT2D eigenvalue weighted by Crippen LogP contribution is -2.43. The molecule has 1 heterocycles. The van der Waals surface area contributed by atoms with Crippen molar-refractivity contribution in [2.24, 2.45) is 23.5 Å². The summed E-state index contributed by atoms with van der Waals surface area (Å²) in [5.41, 5.74) is 5.77. The number of fused-ring (bicyclic) bond motifs is 4. The molecule has 1 unspecified atom stereocenters. The summed E-state index contributed by atoms with van der Waals surface area (Å²) in [6, 6.07) is 5.24. The summed E-state index contributed by atoms with van der Waals surface area (Å²) < 4.78 is 40.3. The zero-order chi connectivity index (χ0) is 28.7. The number of rotatable bonds is 3. The Hall–Kier alpha value is -3.86. The maximum atomic E-state index is 13.7. The van der Waals surface area contributed by atoms with Gasteiger partial charge in [-0.2, -0.15) is 13.2 Å². The van der Waals surface area contributed by atoms with Crippen LogP contribution in [0.3, 0.4) is 0 Å². The van der Waals surface area contributed by atoms with E-state index in [2.05, 4.69) is 0 Å². The smallest absolute Gasteiger partial charge is 0.404 e. The van der Waals surface area contributed by atoms with E-state index in [0.717, 1.165) is 0 Å². The third kappa shape index (κ3) is 3.97. The number of alkyl halides is 3. The van der Waals surface area contributed by atoms with Crippen LogP contribution < -0.4 is 5.73 Å². The van der Waals surface area contributed by atoms with Gasteiger partial charge in [0.2, 0.25) is 0 Å². The van der Waals surface area contributed by atoms with Gasteiger partial charge in [-0.3, -0.25) is 19.3 Å². The Kier molecular flexibility index (Phi) is 5.99. The Morgan fingerprint density at radius 1 is 1.10 bits per heavy atom. The molecule has 210 valence electrons. The molecule has 0 saturated carbocycles. The number of Topliss-reactive ketones (excluding diaryl/α,β-unsaturated/α-hetero) is 2. The second kappa shape index (κ2) is 9.09. The Labute approximate surface area is 226 Å². The molecule has 11 heteroatoms. The molecule has 1 amide bonds. The maximum Gasteiger partial charge on any atom is 0.404 e.